The SMILES string of the molecule is Cc1cc(C)c(CC(C)(N)NCC(O)c2cc(O)cc3c2OCC(=O)N3)c(C)c1. The largest absolute Gasteiger partial charge is 0.508 e. The molecule has 7 heteroatoms. The molecule has 0 bridgehead atoms. The summed E-state index contributed by atoms with van der Waals surface area (Å²) < 4.78 is 5.47. The molecule has 1 heterocycles. The fourth-order valence-electron chi connectivity index (χ4n) is 3.82. The highest BCUT2D eigenvalue weighted by Crippen LogP contribution is 2.38. The Bertz CT molecular complexity index is 917. The normalized spacial score (nSPS) is 16.4. The first-order valence-electron chi connectivity index (χ1n) is 9.64. The van der Waals surface area contributed by atoms with E-state index < -0.39 is 11.8 Å². The highest BCUT2D eigenvalue weighted by atomic mass is 16.5. The lowest BCUT2D eigenvalue weighted by Crippen LogP contribution is -2.54. The van der Waals surface area contributed by atoms with E-state index in [9.17, 15) is 15.0 Å². The van der Waals surface area contributed by atoms with Crippen molar-refractivity contribution in [1.29, 1.82) is 0 Å². The molecule has 2 unspecified atom stereocenters. The van der Waals surface area contributed by atoms with E-state index in [0.717, 1.165) is 0 Å². The third kappa shape index (κ3) is 4.87. The number of phenols is 1. The molecule has 7 nitrogen and oxygen atoms in total. The summed E-state index contributed by atoms with van der Waals surface area (Å²) >= 11 is 0. The molecule has 2 aromatic carbocycles. The number of hydrogen-bond acceptors (Lipinski definition) is 6. The smallest absolute Gasteiger partial charge is 0.262 e. The molecule has 1 aliphatic heterocycles. The molecule has 156 valence electrons. The number of nitrogens with two attached hydrogens (primary N) is 1. The van der Waals surface area contributed by atoms with Gasteiger partial charge in [-0.3, -0.25) is 10.1 Å². The van der Waals surface area contributed by atoms with Gasteiger partial charge in [0.05, 0.1) is 17.5 Å². The lowest BCUT2D eigenvalue weighted by atomic mass is 9.92. The van der Waals surface area contributed by atoms with E-state index in [2.05, 4.69) is 43.5 Å². The van der Waals surface area contributed by atoms with Crippen LogP contribution in [0.25, 0.3) is 0 Å². The molecular formula is C22H29N3O4. The fraction of sp³-hybridized carbons (Fsp3) is 0.409. The predicted molar refractivity (Wildman–Crippen MR) is 112 cm³/mol. The summed E-state index contributed by atoms with van der Waals surface area (Å²) in [5.41, 5.74) is 11.2. The summed E-state index contributed by atoms with van der Waals surface area (Å²) in [4.78, 5) is 11.5. The second kappa shape index (κ2) is 8.02. The Labute approximate surface area is 170 Å². The van der Waals surface area contributed by atoms with Gasteiger partial charge in [-0.2, -0.15) is 0 Å². The number of amides is 1. The van der Waals surface area contributed by atoms with Crippen LogP contribution in [0.4, 0.5) is 5.69 Å². The van der Waals surface area contributed by atoms with E-state index in [1.165, 1.54) is 34.4 Å². The molecule has 0 radical (unpaired) electrons. The number of hydrogen-bond donors (Lipinski definition) is 5. The molecule has 0 aromatic heterocycles. The number of rotatable bonds is 6. The average Bonchev–Trinajstić information content (AvgIpc) is 2.61. The van der Waals surface area contributed by atoms with Gasteiger partial charge in [-0.05, 0) is 50.5 Å². The standard InChI is InChI=1S/C22H29N3O4/c1-12-5-13(2)17(14(3)6-12)9-22(4,23)24-10-19(27)16-7-15(26)8-18-21(16)29-11-20(28)25-18/h5-8,19,24,26-27H,9-11,23H2,1-4H3,(H,25,28). The molecule has 1 aliphatic rings. The van der Waals surface area contributed by atoms with E-state index in [1.807, 2.05) is 6.92 Å². The maximum atomic E-state index is 11.5. The maximum Gasteiger partial charge on any atom is 0.262 e. The van der Waals surface area contributed by atoms with E-state index in [0.29, 0.717) is 23.4 Å². The first kappa shape index (κ1) is 21.1. The van der Waals surface area contributed by atoms with Crippen molar-refractivity contribution in [2.24, 2.45) is 5.73 Å². The average molecular weight is 399 g/mol. The van der Waals surface area contributed by atoms with Gasteiger partial charge in [-0.15, -0.1) is 0 Å². The van der Waals surface area contributed by atoms with Crippen LogP contribution in [0.3, 0.4) is 0 Å². The molecule has 0 fully saturated rings. The topological polar surface area (TPSA) is 117 Å². The molecule has 3 rings (SSSR count). The van der Waals surface area contributed by atoms with E-state index in [1.54, 1.807) is 0 Å². The minimum absolute atomic E-state index is 0.0648. The van der Waals surface area contributed by atoms with Crippen LogP contribution in [-0.4, -0.2) is 34.9 Å². The molecule has 0 aliphatic carbocycles. The van der Waals surface area contributed by atoms with Crippen LogP contribution in [0.2, 0.25) is 0 Å². The van der Waals surface area contributed by atoms with Crippen LogP contribution in [0, 0.1) is 20.8 Å². The summed E-state index contributed by atoms with van der Waals surface area (Å²) in [6.07, 6.45) is -0.378. The van der Waals surface area contributed by atoms with Crippen molar-refractivity contribution in [3.8, 4) is 11.5 Å². The Morgan fingerprint density at radius 1 is 1.24 bits per heavy atom. The van der Waals surface area contributed by atoms with Gasteiger partial charge in [0.15, 0.2) is 6.61 Å². The van der Waals surface area contributed by atoms with Gasteiger partial charge in [-0.25, -0.2) is 0 Å². The lowest BCUT2D eigenvalue weighted by molar-refractivity contribution is -0.118. The number of benzene rings is 2. The van der Waals surface area contributed by atoms with Crippen LogP contribution in [0.15, 0.2) is 24.3 Å². The second-order valence-electron chi connectivity index (χ2n) is 8.12. The third-order valence-electron chi connectivity index (χ3n) is 5.17. The summed E-state index contributed by atoms with van der Waals surface area (Å²) in [6, 6.07) is 7.10. The molecule has 6 N–H and O–H groups in total. The molecule has 1 amide bonds. The van der Waals surface area contributed by atoms with Gasteiger partial charge in [0.1, 0.15) is 11.5 Å². The Balaban J connectivity index is 1.74. The van der Waals surface area contributed by atoms with E-state index in [-0.39, 0.29) is 24.8 Å². The maximum absolute atomic E-state index is 11.5. The van der Waals surface area contributed by atoms with E-state index >= 15 is 0 Å². The number of aryl methyl sites for hydroxylation is 3. The van der Waals surface area contributed by atoms with Crippen molar-refractivity contribution in [3.63, 3.8) is 0 Å². The number of anilines is 1. The molecule has 29 heavy (non-hydrogen) atoms. The van der Waals surface area contributed by atoms with E-state index in [4.69, 9.17) is 10.5 Å². The van der Waals surface area contributed by atoms with Gasteiger partial charge < -0.3 is 26.0 Å². The van der Waals surface area contributed by atoms with Crippen molar-refractivity contribution >= 4 is 11.6 Å². The fourth-order valence-corrected chi connectivity index (χ4v) is 3.82. The quantitative estimate of drug-likeness (QED) is 0.476. The van der Waals surface area contributed by atoms with Crippen molar-refractivity contribution in [1.82, 2.24) is 5.32 Å². The Morgan fingerprint density at radius 3 is 2.55 bits per heavy atom. The zero-order valence-electron chi connectivity index (χ0n) is 17.3. The summed E-state index contributed by atoms with van der Waals surface area (Å²) in [5, 5.41) is 26.5. The van der Waals surface area contributed by atoms with Crippen molar-refractivity contribution in [2.45, 2.75) is 45.9 Å². The van der Waals surface area contributed by atoms with Crippen molar-refractivity contribution in [2.75, 3.05) is 18.5 Å². The summed E-state index contributed by atoms with van der Waals surface area (Å²) in [6.45, 7) is 8.12. The van der Waals surface area contributed by atoms with Crippen molar-refractivity contribution in [3.05, 3.63) is 52.1 Å². The minimum atomic E-state index is -0.978. The first-order valence-corrected chi connectivity index (χ1v) is 9.64. The van der Waals surface area contributed by atoms with Gasteiger partial charge >= 0.3 is 0 Å². The predicted octanol–water partition coefficient (Wildman–Crippen LogP) is 2.19. The third-order valence-corrected chi connectivity index (χ3v) is 5.17. The number of phenolic OH excluding ortho intramolecular Hbond substituents is 1. The molecule has 2 aromatic rings. The highest BCUT2D eigenvalue weighted by Gasteiger charge is 2.27. The van der Waals surface area contributed by atoms with Crippen LogP contribution < -0.4 is 21.1 Å². The van der Waals surface area contributed by atoms with Gasteiger partial charge in [0.2, 0.25) is 0 Å². The number of aliphatic hydroxyl groups excluding tert-OH is 1. The Morgan fingerprint density at radius 2 is 1.90 bits per heavy atom. The second-order valence-corrected chi connectivity index (χ2v) is 8.12. The monoisotopic (exact) mass is 399 g/mol. The zero-order chi connectivity index (χ0) is 21.3. The van der Waals surface area contributed by atoms with Gasteiger partial charge in [0, 0.05) is 24.6 Å². The van der Waals surface area contributed by atoms with Gasteiger partial charge in [-0.1, -0.05) is 17.7 Å². The molecule has 2 atom stereocenters. The van der Waals surface area contributed by atoms with Crippen LogP contribution >= 0.6 is 0 Å². The van der Waals surface area contributed by atoms with Crippen LogP contribution in [0.5, 0.6) is 11.5 Å². The highest BCUT2D eigenvalue weighted by molar-refractivity contribution is 5.96. The summed E-state index contributed by atoms with van der Waals surface area (Å²) in [5.74, 6) is -0.00861. The molecule has 0 saturated carbocycles. The molecule has 0 spiro atoms. The van der Waals surface area contributed by atoms with Crippen molar-refractivity contribution < 1.29 is 19.7 Å². The number of fused-ring (bicyclic) bond motifs is 1. The van der Waals surface area contributed by atoms with Crippen LogP contribution in [-0.2, 0) is 11.2 Å². The number of carbonyl (C=O) groups is 1. The Hall–Kier alpha value is -2.61. The molecular weight excluding hydrogens is 370 g/mol. The number of aromatic hydroxyl groups is 1. The Kier molecular flexibility index (Phi) is 5.84. The molecule has 0 saturated heterocycles. The van der Waals surface area contributed by atoms with Gasteiger partial charge in [0.25, 0.3) is 5.91 Å². The number of aliphatic hydroxyl groups is 1. The summed E-state index contributed by atoms with van der Waals surface area (Å²) in [7, 11) is 0. The number of nitrogens with one attached hydrogen (secondary N) is 2. The number of ether oxygens (including phenoxy) is 1. The zero-order valence-corrected chi connectivity index (χ0v) is 17.3. The minimum Gasteiger partial charge on any atom is -0.508 e. The van der Waals surface area contributed by atoms with Crippen LogP contribution in [0.1, 0.15) is 40.8 Å². The lowest BCUT2D eigenvalue weighted by Gasteiger charge is -2.30. The first-order chi connectivity index (χ1) is 13.6. The number of carbonyl (C=O) groups excluding carboxylic acids is 1.